The average Bonchev–Trinajstić information content (AvgIpc) is 3.54. The van der Waals surface area contributed by atoms with Gasteiger partial charge in [0, 0.05) is 25.9 Å². The van der Waals surface area contributed by atoms with Crippen LogP contribution in [0.1, 0.15) is 22.5 Å². The molecule has 0 aliphatic carbocycles. The third kappa shape index (κ3) is 6.36. The molecule has 0 saturated heterocycles. The van der Waals surface area contributed by atoms with Crippen LogP contribution in [0.5, 0.6) is 0 Å². The van der Waals surface area contributed by atoms with E-state index < -0.39 is 31.7 Å². The molecule has 2 heterocycles. The Morgan fingerprint density at radius 1 is 0.700 bits per heavy atom. The van der Waals surface area contributed by atoms with Crippen LogP contribution in [0.2, 0.25) is 0 Å². The van der Waals surface area contributed by atoms with Gasteiger partial charge in [-0.25, -0.2) is 9.36 Å². The number of benzene rings is 2. The standard InChI is InChI=1S/C22H12F6N8O3P/c23-21(24,25)13-1-5-17(6-2-13)35-19(9-15(11-29)31-35)33-38-40(37)39-34-20-10-16(12-30)32-36(20)18-7-3-14(4-8-18)22(26,27)28/h1-10,33-34H/q+1. The van der Waals surface area contributed by atoms with Crippen molar-refractivity contribution < 1.29 is 40.2 Å². The van der Waals surface area contributed by atoms with Gasteiger partial charge in [0.05, 0.1) is 22.5 Å². The summed E-state index contributed by atoms with van der Waals surface area (Å²) in [5.74, 6) is -0.186. The number of hydrogen-bond donors (Lipinski definition) is 2. The molecule has 0 amide bonds. The summed E-state index contributed by atoms with van der Waals surface area (Å²) in [7, 11) is -3.04. The highest BCUT2D eigenvalue weighted by Crippen LogP contribution is 2.32. The smallest absolute Gasteiger partial charge is 0.214 e. The molecular weight excluding hydrogens is 569 g/mol. The van der Waals surface area contributed by atoms with Crippen molar-refractivity contribution >= 4 is 19.9 Å². The van der Waals surface area contributed by atoms with Gasteiger partial charge >= 0.3 is 20.6 Å². The molecular formula is C22H12F6N8O3P+. The summed E-state index contributed by atoms with van der Waals surface area (Å²) in [6, 6.07) is 13.4. The van der Waals surface area contributed by atoms with Crippen molar-refractivity contribution in [3.05, 3.63) is 83.2 Å². The average molecular weight is 581 g/mol. The number of aromatic nitrogens is 4. The molecule has 18 heteroatoms. The van der Waals surface area contributed by atoms with Crippen LogP contribution in [0.4, 0.5) is 38.0 Å². The van der Waals surface area contributed by atoms with Crippen molar-refractivity contribution in [1.82, 2.24) is 19.6 Å². The van der Waals surface area contributed by atoms with Crippen LogP contribution < -0.4 is 11.0 Å². The lowest BCUT2D eigenvalue weighted by Gasteiger charge is -2.09. The van der Waals surface area contributed by atoms with E-state index in [0.29, 0.717) is 0 Å². The van der Waals surface area contributed by atoms with Crippen molar-refractivity contribution in [3.8, 4) is 23.5 Å². The summed E-state index contributed by atoms with van der Waals surface area (Å²) in [5.41, 5.74) is 2.56. The Hall–Kier alpha value is -4.96. The summed E-state index contributed by atoms with van der Waals surface area (Å²) in [5, 5.41) is 26.1. The lowest BCUT2D eigenvalue weighted by molar-refractivity contribution is -0.138. The zero-order valence-corrected chi connectivity index (χ0v) is 20.3. The van der Waals surface area contributed by atoms with Crippen LogP contribution in [0.15, 0.2) is 60.7 Å². The van der Waals surface area contributed by atoms with Gasteiger partial charge in [0.2, 0.25) is 0 Å². The fraction of sp³-hybridized carbons (Fsp3) is 0.0909. The van der Waals surface area contributed by atoms with E-state index in [0.717, 1.165) is 70.0 Å². The van der Waals surface area contributed by atoms with Gasteiger partial charge in [0.15, 0.2) is 23.0 Å². The summed E-state index contributed by atoms with van der Waals surface area (Å²) in [6.07, 6.45) is -9.13. The van der Waals surface area contributed by atoms with E-state index in [1.807, 2.05) is 0 Å². The largest absolute Gasteiger partial charge is 0.746 e. The molecule has 0 aliphatic rings. The Morgan fingerprint density at radius 3 is 1.35 bits per heavy atom. The molecule has 2 aromatic carbocycles. The fourth-order valence-electron chi connectivity index (χ4n) is 3.18. The van der Waals surface area contributed by atoms with E-state index in [4.69, 9.17) is 19.8 Å². The summed E-state index contributed by atoms with van der Waals surface area (Å²) < 4.78 is 101. The van der Waals surface area contributed by atoms with Crippen molar-refractivity contribution in [2.24, 2.45) is 0 Å². The predicted octanol–water partition coefficient (Wildman–Crippen LogP) is 5.88. The zero-order chi connectivity index (χ0) is 29.1. The SMILES string of the molecule is N#Cc1cc(NO[P+](=O)ONc2cc(C#N)nn2-c2ccc(C(F)(F)F)cc2)n(-c2ccc(C(F)(F)F)cc2)n1. The Morgan fingerprint density at radius 2 is 1.05 bits per heavy atom. The molecule has 0 radical (unpaired) electrons. The third-order valence-electron chi connectivity index (χ3n) is 4.98. The first kappa shape index (κ1) is 28.1. The van der Waals surface area contributed by atoms with Gasteiger partial charge in [0.25, 0.3) is 0 Å². The van der Waals surface area contributed by atoms with E-state index in [1.54, 1.807) is 12.1 Å². The van der Waals surface area contributed by atoms with E-state index in [-0.39, 0.29) is 34.4 Å². The second-order valence-corrected chi connectivity index (χ2v) is 8.39. The van der Waals surface area contributed by atoms with Gasteiger partial charge in [-0.15, -0.1) is 0 Å². The van der Waals surface area contributed by atoms with Gasteiger partial charge in [-0.3, -0.25) is 0 Å². The van der Waals surface area contributed by atoms with Crippen molar-refractivity contribution in [3.63, 3.8) is 0 Å². The molecule has 0 bridgehead atoms. The number of alkyl halides is 6. The van der Waals surface area contributed by atoms with Crippen LogP contribution in [0, 0.1) is 22.7 Å². The highest BCUT2D eigenvalue weighted by Gasteiger charge is 2.31. The molecule has 204 valence electrons. The molecule has 2 aromatic heterocycles. The predicted molar refractivity (Wildman–Crippen MR) is 124 cm³/mol. The first-order valence-corrected chi connectivity index (χ1v) is 11.7. The second-order valence-electron chi connectivity index (χ2n) is 7.58. The fourth-order valence-corrected chi connectivity index (χ4v) is 3.55. The van der Waals surface area contributed by atoms with Gasteiger partial charge in [-0.05, 0) is 48.5 Å². The van der Waals surface area contributed by atoms with Gasteiger partial charge in [0.1, 0.15) is 12.1 Å². The first-order chi connectivity index (χ1) is 18.9. The summed E-state index contributed by atoms with van der Waals surface area (Å²) in [6.45, 7) is 0. The lowest BCUT2D eigenvalue weighted by atomic mass is 10.2. The number of nitrogens with zero attached hydrogens (tertiary/aromatic N) is 6. The Labute approximate surface area is 220 Å². The van der Waals surface area contributed by atoms with Gasteiger partial charge in [-0.1, -0.05) is 0 Å². The van der Waals surface area contributed by atoms with E-state index >= 15 is 0 Å². The maximum atomic E-state index is 12.9. The van der Waals surface area contributed by atoms with Gasteiger partial charge in [-0.2, -0.15) is 58.0 Å². The minimum Gasteiger partial charge on any atom is -0.214 e. The topological polar surface area (TPSA) is 143 Å². The van der Waals surface area contributed by atoms with Crippen LogP contribution in [-0.4, -0.2) is 19.6 Å². The number of hydrogen-bond acceptors (Lipinski definition) is 9. The monoisotopic (exact) mass is 581 g/mol. The number of anilines is 2. The van der Waals surface area contributed by atoms with Gasteiger partial charge < -0.3 is 0 Å². The molecule has 0 unspecified atom stereocenters. The Balaban J connectivity index is 1.45. The van der Waals surface area contributed by atoms with Crippen LogP contribution in [0.3, 0.4) is 0 Å². The Bertz CT molecular complexity index is 1500. The van der Waals surface area contributed by atoms with Crippen molar-refractivity contribution in [2.45, 2.75) is 12.4 Å². The van der Waals surface area contributed by atoms with E-state index in [1.165, 1.54) is 0 Å². The number of rotatable bonds is 8. The number of nitrogens with one attached hydrogen (secondary N) is 2. The molecule has 0 atom stereocenters. The van der Waals surface area contributed by atoms with Crippen molar-refractivity contribution in [1.29, 1.82) is 10.5 Å². The maximum absolute atomic E-state index is 12.9. The molecule has 0 aliphatic heterocycles. The maximum Gasteiger partial charge on any atom is 0.746 e. The lowest BCUT2D eigenvalue weighted by Crippen LogP contribution is -2.09. The minimum absolute atomic E-state index is 0.0928. The Kier molecular flexibility index (Phi) is 7.74. The third-order valence-corrected chi connectivity index (χ3v) is 5.46. The molecule has 2 N–H and O–H groups in total. The normalized spacial score (nSPS) is 11.5. The quantitative estimate of drug-likeness (QED) is 0.148. The highest BCUT2D eigenvalue weighted by molar-refractivity contribution is 7.33. The number of halogens is 6. The first-order valence-electron chi connectivity index (χ1n) is 10.6. The molecule has 11 nitrogen and oxygen atoms in total. The zero-order valence-electron chi connectivity index (χ0n) is 19.4. The summed E-state index contributed by atoms with van der Waals surface area (Å²) >= 11 is 0. The van der Waals surface area contributed by atoms with Crippen LogP contribution >= 0.6 is 8.25 Å². The molecule has 40 heavy (non-hydrogen) atoms. The summed E-state index contributed by atoms with van der Waals surface area (Å²) in [4.78, 5) is 0. The second kappa shape index (κ2) is 11.0. The number of nitriles is 2. The van der Waals surface area contributed by atoms with Crippen LogP contribution in [0.25, 0.3) is 11.4 Å². The molecule has 0 fully saturated rings. The highest BCUT2D eigenvalue weighted by atomic mass is 31.1. The van der Waals surface area contributed by atoms with E-state index in [9.17, 15) is 30.9 Å². The van der Waals surface area contributed by atoms with Crippen LogP contribution in [-0.2, 0) is 26.2 Å². The minimum atomic E-state index is -4.57. The molecule has 0 spiro atoms. The molecule has 0 saturated carbocycles. The van der Waals surface area contributed by atoms with Crippen molar-refractivity contribution in [2.75, 3.05) is 11.0 Å². The molecule has 4 aromatic rings. The van der Waals surface area contributed by atoms with E-state index in [2.05, 4.69) is 21.2 Å². The molecule has 4 rings (SSSR count).